The largest absolute Gasteiger partial charge is 0.402 e. The van der Waals surface area contributed by atoms with Crippen LogP contribution in [0.4, 0.5) is 24.5 Å². The van der Waals surface area contributed by atoms with Crippen molar-refractivity contribution in [1.82, 2.24) is 4.72 Å². The number of nitrogens with one attached hydrogen (secondary N) is 3. The lowest BCUT2D eigenvalue weighted by atomic mass is 10.2. The first-order chi connectivity index (χ1) is 14.0. The van der Waals surface area contributed by atoms with E-state index < -0.39 is 33.9 Å². The number of hydrogen-bond acceptors (Lipinski definition) is 5. The molecule has 0 bridgehead atoms. The van der Waals surface area contributed by atoms with E-state index in [1.54, 1.807) is 12.1 Å². The topological polar surface area (TPSA) is 104 Å². The van der Waals surface area contributed by atoms with Gasteiger partial charge in [-0.2, -0.15) is 13.2 Å². The Balaban J connectivity index is 1.59. The highest BCUT2D eigenvalue weighted by Crippen LogP contribution is 2.36. The lowest BCUT2D eigenvalue weighted by Gasteiger charge is -2.23. The van der Waals surface area contributed by atoms with Gasteiger partial charge >= 0.3 is 6.18 Å². The third kappa shape index (κ3) is 5.74. The van der Waals surface area contributed by atoms with Crippen molar-refractivity contribution in [3.8, 4) is 0 Å². The van der Waals surface area contributed by atoms with Crippen molar-refractivity contribution >= 4 is 45.0 Å². The first-order valence-corrected chi connectivity index (χ1v) is 10.9. The molecule has 0 saturated carbocycles. The maximum Gasteiger partial charge on any atom is 0.402 e. The van der Waals surface area contributed by atoms with Crippen LogP contribution in [0.3, 0.4) is 0 Å². The Morgan fingerprint density at radius 2 is 1.77 bits per heavy atom. The van der Waals surface area contributed by atoms with Crippen LogP contribution in [0.15, 0.2) is 58.3 Å². The Morgan fingerprint density at radius 3 is 2.43 bits per heavy atom. The van der Waals surface area contributed by atoms with Gasteiger partial charge in [0.1, 0.15) is 6.54 Å². The van der Waals surface area contributed by atoms with Gasteiger partial charge in [-0.15, -0.1) is 11.8 Å². The highest BCUT2D eigenvalue weighted by atomic mass is 32.2. The first kappa shape index (κ1) is 22.1. The van der Waals surface area contributed by atoms with Gasteiger partial charge in [0.25, 0.3) is 0 Å². The zero-order chi connectivity index (χ0) is 21.9. The number of amides is 2. The van der Waals surface area contributed by atoms with Crippen LogP contribution in [0.5, 0.6) is 0 Å². The molecular weight excluding hydrogens is 443 g/mol. The second-order valence-electron chi connectivity index (χ2n) is 6.31. The van der Waals surface area contributed by atoms with Gasteiger partial charge in [0.15, 0.2) is 0 Å². The summed E-state index contributed by atoms with van der Waals surface area (Å²) in [5.41, 5.74) is 0.927. The average molecular weight is 459 g/mol. The Bertz CT molecular complexity index is 1060. The van der Waals surface area contributed by atoms with Gasteiger partial charge in [-0.05, 0) is 36.4 Å². The molecule has 1 aliphatic heterocycles. The number of carbonyl (C=O) groups excluding carboxylic acids is 2. The van der Waals surface area contributed by atoms with Crippen LogP contribution in [0, 0.1) is 0 Å². The minimum absolute atomic E-state index is 0.113. The van der Waals surface area contributed by atoms with Gasteiger partial charge in [-0.1, -0.05) is 12.1 Å². The average Bonchev–Trinajstić information content (AvgIpc) is 2.67. The molecule has 1 atom stereocenters. The minimum atomic E-state index is -4.68. The van der Waals surface area contributed by atoms with Crippen LogP contribution in [-0.2, 0) is 19.6 Å². The molecule has 0 aromatic heterocycles. The molecule has 0 spiro atoms. The van der Waals surface area contributed by atoms with Gasteiger partial charge in [-0.3, -0.25) is 9.59 Å². The fourth-order valence-corrected chi connectivity index (χ4v) is 4.71. The van der Waals surface area contributed by atoms with E-state index in [2.05, 4.69) is 10.6 Å². The highest BCUT2D eigenvalue weighted by Gasteiger charge is 2.30. The van der Waals surface area contributed by atoms with Crippen molar-refractivity contribution in [2.24, 2.45) is 0 Å². The summed E-state index contributed by atoms with van der Waals surface area (Å²) in [6.45, 7) is -1.68. The molecule has 12 heteroatoms. The highest BCUT2D eigenvalue weighted by molar-refractivity contribution is 8.01. The summed E-state index contributed by atoms with van der Waals surface area (Å²) in [4.78, 5) is 24.9. The maximum atomic E-state index is 12.3. The quantitative estimate of drug-likeness (QED) is 0.616. The summed E-state index contributed by atoms with van der Waals surface area (Å²) in [6.07, 6.45) is -4.79. The van der Waals surface area contributed by atoms with E-state index in [-0.39, 0.29) is 22.9 Å². The molecule has 3 rings (SSSR count). The molecule has 1 heterocycles. The molecule has 0 fully saturated rings. The number of halogens is 3. The van der Waals surface area contributed by atoms with Crippen LogP contribution < -0.4 is 15.4 Å². The van der Waals surface area contributed by atoms with Gasteiger partial charge in [0.2, 0.25) is 21.8 Å². The molecule has 3 N–H and O–H groups in total. The zero-order valence-electron chi connectivity index (χ0n) is 15.2. The van der Waals surface area contributed by atoms with Crippen LogP contribution in [0.25, 0.3) is 0 Å². The predicted molar refractivity (Wildman–Crippen MR) is 106 cm³/mol. The maximum absolute atomic E-state index is 12.3. The third-order valence-corrected chi connectivity index (χ3v) is 6.68. The van der Waals surface area contributed by atoms with E-state index >= 15 is 0 Å². The summed E-state index contributed by atoms with van der Waals surface area (Å²) in [6, 6.07) is 11.9. The van der Waals surface area contributed by atoms with Crippen LogP contribution in [-0.4, -0.2) is 38.2 Å². The summed E-state index contributed by atoms with van der Waals surface area (Å²) in [5, 5.41) is 4.64. The SMILES string of the molecule is O=C(CC1Sc2ccccc2NC1=O)Nc1ccc(S(=O)(=O)NCC(F)(F)F)cc1. The number of benzene rings is 2. The van der Waals surface area contributed by atoms with Crippen molar-refractivity contribution in [2.45, 2.75) is 27.6 Å². The zero-order valence-corrected chi connectivity index (χ0v) is 16.8. The van der Waals surface area contributed by atoms with Crippen molar-refractivity contribution in [2.75, 3.05) is 17.2 Å². The number of alkyl halides is 3. The van der Waals surface area contributed by atoms with Crippen molar-refractivity contribution < 1.29 is 31.2 Å². The molecule has 1 aliphatic rings. The van der Waals surface area contributed by atoms with E-state index in [0.29, 0.717) is 5.69 Å². The van der Waals surface area contributed by atoms with Gasteiger partial charge in [0, 0.05) is 17.0 Å². The van der Waals surface area contributed by atoms with Crippen LogP contribution in [0.1, 0.15) is 6.42 Å². The third-order valence-electron chi connectivity index (χ3n) is 3.99. The van der Waals surface area contributed by atoms with Crippen LogP contribution >= 0.6 is 11.8 Å². The second kappa shape index (κ2) is 8.66. The summed E-state index contributed by atoms with van der Waals surface area (Å²) >= 11 is 1.26. The molecule has 160 valence electrons. The second-order valence-corrected chi connectivity index (χ2v) is 9.32. The molecule has 7 nitrogen and oxygen atoms in total. The molecule has 30 heavy (non-hydrogen) atoms. The Kier molecular flexibility index (Phi) is 6.38. The molecule has 1 unspecified atom stereocenters. The minimum Gasteiger partial charge on any atom is -0.326 e. The molecule has 0 aliphatic carbocycles. The monoisotopic (exact) mass is 459 g/mol. The van der Waals surface area contributed by atoms with Gasteiger partial charge < -0.3 is 10.6 Å². The Labute approximate surface area is 174 Å². The number of para-hydroxylation sites is 1. The van der Waals surface area contributed by atoms with E-state index in [1.807, 2.05) is 12.1 Å². The molecular formula is C18H16F3N3O4S2. The first-order valence-electron chi connectivity index (χ1n) is 8.56. The number of carbonyl (C=O) groups is 2. The van der Waals surface area contributed by atoms with E-state index in [9.17, 15) is 31.2 Å². The molecule has 2 aromatic rings. The number of anilines is 2. The van der Waals surface area contributed by atoms with E-state index in [4.69, 9.17) is 0 Å². The molecule has 2 aromatic carbocycles. The fraction of sp³-hybridized carbons (Fsp3) is 0.222. The predicted octanol–water partition coefficient (Wildman–Crippen LogP) is 2.97. The van der Waals surface area contributed by atoms with Gasteiger partial charge in [0.05, 0.1) is 15.8 Å². The number of thioether (sulfide) groups is 1. The van der Waals surface area contributed by atoms with E-state index in [0.717, 1.165) is 17.0 Å². The van der Waals surface area contributed by atoms with Crippen LogP contribution in [0.2, 0.25) is 0 Å². The van der Waals surface area contributed by atoms with Crippen molar-refractivity contribution in [3.63, 3.8) is 0 Å². The smallest absolute Gasteiger partial charge is 0.326 e. The number of sulfonamides is 1. The number of hydrogen-bond donors (Lipinski definition) is 3. The normalized spacial score (nSPS) is 16.5. The Morgan fingerprint density at radius 1 is 1.10 bits per heavy atom. The lowest BCUT2D eigenvalue weighted by molar-refractivity contribution is -0.121. The molecule has 0 saturated heterocycles. The lowest BCUT2D eigenvalue weighted by Crippen LogP contribution is -2.33. The summed E-state index contributed by atoms with van der Waals surface area (Å²) in [5.74, 6) is -0.765. The standard InChI is InChI=1S/C18H16F3N3O4S2/c19-18(20,21)10-22-30(27,28)12-7-5-11(6-8-12)23-16(25)9-15-17(26)24-13-3-1-2-4-14(13)29-15/h1-8,15,22H,9-10H2,(H,23,25)(H,24,26). The van der Waals surface area contributed by atoms with Gasteiger partial charge in [-0.25, -0.2) is 13.1 Å². The van der Waals surface area contributed by atoms with E-state index in [1.165, 1.54) is 28.6 Å². The fourth-order valence-electron chi connectivity index (χ4n) is 2.59. The number of rotatable bonds is 6. The van der Waals surface area contributed by atoms with Crippen molar-refractivity contribution in [3.05, 3.63) is 48.5 Å². The summed E-state index contributed by atoms with van der Waals surface area (Å²) < 4.78 is 61.8. The molecule has 0 radical (unpaired) electrons. The number of fused-ring (bicyclic) bond motifs is 1. The molecule has 2 amide bonds. The summed E-state index contributed by atoms with van der Waals surface area (Å²) in [7, 11) is -4.34. The van der Waals surface area contributed by atoms with Crippen molar-refractivity contribution in [1.29, 1.82) is 0 Å². The Hall–Kier alpha value is -2.57.